The van der Waals surface area contributed by atoms with Gasteiger partial charge in [0.1, 0.15) is 12.2 Å². The molecule has 2 N–H and O–H groups in total. The Morgan fingerprint density at radius 3 is 2.79 bits per heavy atom. The van der Waals surface area contributed by atoms with E-state index >= 15 is 0 Å². The lowest BCUT2D eigenvalue weighted by Crippen LogP contribution is -2.41. The molecule has 10 nitrogen and oxygen atoms in total. The van der Waals surface area contributed by atoms with E-state index in [0.717, 1.165) is 12.7 Å². The zero-order valence-electron chi connectivity index (χ0n) is 20.2. The molecule has 1 saturated heterocycles. The third-order valence-corrected chi connectivity index (χ3v) is 9.27. The Kier molecular flexibility index (Phi) is 8.14. The van der Waals surface area contributed by atoms with E-state index in [0.29, 0.717) is 36.7 Å². The minimum atomic E-state index is -3.30. The van der Waals surface area contributed by atoms with Crippen LogP contribution in [0.1, 0.15) is 20.3 Å². The summed E-state index contributed by atoms with van der Waals surface area (Å²) in [7, 11) is -4.43. The number of carbonyl (C=O) groups is 1. The second-order valence-corrected chi connectivity index (χ2v) is 17.8. The van der Waals surface area contributed by atoms with Crippen molar-refractivity contribution in [1.82, 2.24) is 24.2 Å². The lowest BCUT2D eigenvalue weighted by molar-refractivity contribution is 0.0899. The van der Waals surface area contributed by atoms with Crippen LogP contribution in [0.15, 0.2) is 18.5 Å². The molecule has 0 saturated carbocycles. The largest absolute Gasteiger partial charge is 0.361 e. The predicted molar refractivity (Wildman–Crippen MR) is 132 cm³/mol. The third-order valence-electron chi connectivity index (χ3n) is 5.36. The van der Waals surface area contributed by atoms with Crippen molar-refractivity contribution in [2.45, 2.75) is 58.7 Å². The van der Waals surface area contributed by atoms with Crippen LogP contribution < -0.4 is 10.6 Å². The summed E-state index contributed by atoms with van der Waals surface area (Å²) in [5, 5.41) is 5.53. The van der Waals surface area contributed by atoms with Crippen LogP contribution in [-0.4, -0.2) is 72.9 Å². The first kappa shape index (κ1) is 25.6. The zero-order valence-corrected chi connectivity index (χ0v) is 22.0. The fourth-order valence-electron chi connectivity index (χ4n) is 3.63. The fraction of sp³-hybridized carbons (Fsp3) is 0.667. The van der Waals surface area contributed by atoms with Gasteiger partial charge in [-0.25, -0.2) is 23.2 Å². The van der Waals surface area contributed by atoms with Crippen molar-refractivity contribution >= 4 is 41.1 Å². The van der Waals surface area contributed by atoms with Crippen LogP contribution >= 0.6 is 0 Å². The van der Waals surface area contributed by atoms with Crippen LogP contribution in [0.25, 0.3) is 11.2 Å². The third kappa shape index (κ3) is 7.49. The quantitative estimate of drug-likeness (QED) is 0.386. The number of aromatic nitrogens is 3. The van der Waals surface area contributed by atoms with Crippen LogP contribution in [0.5, 0.6) is 0 Å². The van der Waals surface area contributed by atoms with Gasteiger partial charge in [-0.3, -0.25) is 5.32 Å². The van der Waals surface area contributed by atoms with E-state index in [2.05, 4.69) is 40.2 Å². The Hall–Kier alpha value is -2.02. The van der Waals surface area contributed by atoms with Gasteiger partial charge in [0.15, 0.2) is 11.5 Å². The highest BCUT2D eigenvalue weighted by atomic mass is 32.2. The van der Waals surface area contributed by atoms with E-state index in [1.165, 1.54) is 10.5 Å². The molecule has 184 valence electrons. The topological polar surface area (TPSA) is 118 Å². The van der Waals surface area contributed by atoms with Gasteiger partial charge >= 0.3 is 6.03 Å². The van der Waals surface area contributed by atoms with E-state index < -0.39 is 24.1 Å². The van der Waals surface area contributed by atoms with E-state index in [4.69, 9.17) is 4.74 Å². The molecule has 0 radical (unpaired) electrons. The molecule has 3 heterocycles. The average Bonchev–Trinajstić information content (AvgIpc) is 3.31. The Morgan fingerprint density at radius 2 is 2.09 bits per heavy atom. The number of ether oxygens (including phenoxy) is 1. The molecule has 0 aliphatic carbocycles. The van der Waals surface area contributed by atoms with Gasteiger partial charge in [0.25, 0.3) is 0 Å². The van der Waals surface area contributed by atoms with Gasteiger partial charge in [0.2, 0.25) is 10.0 Å². The van der Waals surface area contributed by atoms with Crippen LogP contribution in [0.3, 0.4) is 0 Å². The van der Waals surface area contributed by atoms with Gasteiger partial charge in [-0.1, -0.05) is 33.5 Å². The summed E-state index contributed by atoms with van der Waals surface area (Å²) in [6.45, 7) is 12.5. The zero-order chi connectivity index (χ0) is 24.2. The predicted octanol–water partition coefficient (Wildman–Crippen LogP) is 2.93. The normalized spacial score (nSPS) is 17.7. The molecule has 2 aromatic rings. The summed E-state index contributed by atoms with van der Waals surface area (Å²) < 4.78 is 33.9. The molecule has 2 amide bonds. The van der Waals surface area contributed by atoms with E-state index in [1.807, 2.05) is 30.7 Å². The first-order valence-electron chi connectivity index (χ1n) is 11.4. The molecule has 2 aromatic heterocycles. The molecule has 1 aliphatic rings. The van der Waals surface area contributed by atoms with Crippen molar-refractivity contribution in [3.63, 3.8) is 0 Å². The molecule has 33 heavy (non-hydrogen) atoms. The monoisotopic (exact) mass is 496 g/mol. The number of anilines is 1. The van der Waals surface area contributed by atoms with Gasteiger partial charge < -0.3 is 14.6 Å². The van der Waals surface area contributed by atoms with Crippen LogP contribution in [0.4, 0.5) is 10.6 Å². The second kappa shape index (κ2) is 10.5. The molecule has 0 spiro atoms. The molecule has 0 bridgehead atoms. The Balaban J connectivity index is 1.51. The molecular weight excluding hydrogens is 460 g/mol. The molecule has 1 fully saturated rings. The number of rotatable bonds is 10. The van der Waals surface area contributed by atoms with Crippen LogP contribution in [-0.2, 0) is 21.5 Å². The maximum atomic E-state index is 12.4. The maximum Gasteiger partial charge on any atom is 0.320 e. The summed E-state index contributed by atoms with van der Waals surface area (Å²) in [5.74, 6) is 0.509. The van der Waals surface area contributed by atoms with Gasteiger partial charge in [-0.05, 0) is 24.4 Å². The molecule has 1 atom stereocenters. The highest BCUT2D eigenvalue weighted by Crippen LogP contribution is 2.17. The van der Waals surface area contributed by atoms with Gasteiger partial charge in [0, 0.05) is 40.0 Å². The lowest BCUT2D eigenvalue weighted by atomic mass is 10.3. The Labute approximate surface area is 197 Å². The van der Waals surface area contributed by atoms with Crippen molar-refractivity contribution in [3.05, 3.63) is 18.5 Å². The number of fused-ring (bicyclic) bond motifs is 1. The van der Waals surface area contributed by atoms with Gasteiger partial charge in [-0.15, -0.1) is 0 Å². The SMILES string of the molecule is CC(C)CS(=O)(=O)N1CCC(NC(=O)Nc2cnc3c(ccn3COCC[Si](C)(C)C)n2)C1. The standard InChI is InChI=1S/C21H36N6O4SSi/c1-16(2)14-32(29,30)27-9-6-17(13-27)23-21(28)25-19-12-22-20-18(24-19)7-8-26(20)15-31-10-11-33(3,4)5/h7-8,12,16-17H,6,9-11,13-15H2,1-5H3,(H2,23,24,25,28). The maximum absolute atomic E-state index is 12.4. The fourth-order valence-corrected chi connectivity index (χ4v) is 6.23. The Morgan fingerprint density at radius 1 is 1.33 bits per heavy atom. The van der Waals surface area contributed by atoms with Crippen LogP contribution in [0.2, 0.25) is 25.7 Å². The minimum absolute atomic E-state index is 0.0605. The van der Waals surface area contributed by atoms with Gasteiger partial charge in [-0.2, -0.15) is 4.31 Å². The molecular formula is C21H36N6O4SSi. The summed E-state index contributed by atoms with van der Waals surface area (Å²) in [6, 6.07) is 2.27. The van der Waals surface area contributed by atoms with Crippen molar-refractivity contribution in [2.24, 2.45) is 5.92 Å². The van der Waals surface area contributed by atoms with E-state index in [1.54, 1.807) is 0 Å². The summed E-state index contributed by atoms with van der Waals surface area (Å²) in [4.78, 5) is 21.3. The molecule has 12 heteroatoms. The smallest absolute Gasteiger partial charge is 0.320 e. The minimum Gasteiger partial charge on any atom is -0.361 e. The summed E-state index contributed by atoms with van der Waals surface area (Å²) in [5.41, 5.74) is 1.35. The van der Waals surface area contributed by atoms with Crippen molar-refractivity contribution in [2.75, 3.05) is 30.8 Å². The number of amides is 2. The lowest BCUT2D eigenvalue weighted by Gasteiger charge is -2.18. The van der Waals surface area contributed by atoms with E-state index in [9.17, 15) is 13.2 Å². The van der Waals surface area contributed by atoms with Crippen molar-refractivity contribution in [1.29, 1.82) is 0 Å². The number of hydrogen-bond acceptors (Lipinski definition) is 6. The highest BCUT2D eigenvalue weighted by molar-refractivity contribution is 7.89. The molecule has 0 aromatic carbocycles. The van der Waals surface area contributed by atoms with Crippen LogP contribution in [0, 0.1) is 5.92 Å². The summed E-state index contributed by atoms with van der Waals surface area (Å²) >= 11 is 0. The van der Waals surface area contributed by atoms with Crippen molar-refractivity contribution in [3.8, 4) is 0 Å². The van der Waals surface area contributed by atoms with Crippen molar-refractivity contribution < 1.29 is 17.9 Å². The number of hydrogen-bond donors (Lipinski definition) is 2. The van der Waals surface area contributed by atoms with Gasteiger partial charge in [0.05, 0.1) is 11.9 Å². The number of sulfonamides is 1. The number of urea groups is 1. The molecule has 3 rings (SSSR count). The average molecular weight is 497 g/mol. The summed E-state index contributed by atoms with van der Waals surface area (Å²) in [6.07, 6.45) is 3.96. The Bertz CT molecular complexity index is 1070. The molecule has 1 unspecified atom stereocenters. The first-order valence-corrected chi connectivity index (χ1v) is 16.7. The highest BCUT2D eigenvalue weighted by Gasteiger charge is 2.32. The molecule has 1 aliphatic heterocycles. The number of carbonyl (C=O) groups excluding carboxylic acids is 1. The van der Waals surface area contributed by atoms with E-state index in [-0.39, 0.29) is 24.3 Å². The second-order valence-electron chi connectivity index (χ2n) is 10.2. The number of nitrogens with one attached hydrogen (secondary N) is 2. The first-order chi connectivity index (χ1) is 15.4. The number of nitrogens with zero attached hydrogens (tertiary/aromatic N) is 4.